The molecule has 12 heavy (non-hydrogen) atoms. The van der Waals surface area contributed by atoms with E-state index in [4.69, 9.17) is 5.11 Å². The average Bonchev–Trinajstić information content (AvgIpc) is 2.68. The fourth-order valence-electron chi connectivity index (χ4n) is 0.951. The summed E-state index contributed by atoms with van der Waals surface area (Å²) >= 11 is 1.22. The normalized spacial score (nSPS) is 15.3. The van der Waals surface area contributed by atoms with E-state index in [1.165, 1.54) is 24.2 Å². The van der Waals surface area contributed by atoms with Crippen LogP contribution in [0.4, 0.5) is 0 Å². The minimum absolute atomic E-state index is 0. The van der Waals surface area contributed by atoms with Gasteiger partial charge in [0.15, 0.2) is 0 Å². The zero-order chi connectivity index (χ0) is 7.84. The van der Waals surface area contributed by atoms with Gasteiger partial charge in [-0.3, -0.25) is 0 Å². The summed E-state index contributed by atoms with van der Waals surface area (Å²) in [4.78, 5) is 14.4. The molecule has 3 nitrogen and oxygen atoms in total. The minimum atomic E-state index is -0.915. The van der Waals surface area contributed by atoms with Crippen LogP contribution < -0.4 is 0 Å². The van der Waals surface area contributed by atoms with Gasteiger partial charge in [-0.25, -0.2) is 9.78 Å². The first kappa shape index (κ1) is 9.78. The zero-order valence-corrected chi connectivity index (χ0v) is 6.60. The van der Waals surface area contributed by atoms with E-state index in [0.29, 0.717) is 5.92 Å². The van der Waals surface area contributed by atoms with E-state index in [0.717, 1.165) is 5.69 Å². The Morgan fingerprint density at radius 3 is 2.75 bits per heavy atom. The number of thiazole rings is 1. The number of carboxylic acids is 1. The van der Waals surface area contributed by atoms with Gasteiger partial charge in [0.1, 0.15) is 0 Å². The van der Waals surface area contributed by atoms with Crippen molar-refractivity contribution in [1.82, 2.24) is 4.98 Å². The van der Waals surface area contributed by atoms with Gasteiger partial charge in [-0.1, -0.05) is 0 Å². The monoisotopic (exact) mass is 177 g/mol. The van der Waals surface area contributed by atoms with E-state index in [2.05, 4.69) is 4.98 Å². The first-order valence-electron chi connectivity index (χ1n) is 3.46. The number of aromatic nitrogens is 1. The van der Waals surface area contributed by atoms with Gasteiger partial charge in [-0.15, -0.1) is 11.3 Å². The van der Waals surface area contributed by atoms with Crippen LogP contribution in [-0.4, -0.2) is 34.9 Å². The number of carboxylic acid groups (broad SMARTS) is 1. The number of hydrogen-bond donors (Lipinski definition) is 1. The number of rotatable bonds is 2. The van der Waals surface area contributed by atoms with Crippen molar-refractivity contribution in [2.75, 3.05) is 0 Å². The second-order valence-electron chi connectivity index (χ2n) is 2.66. The van der Waals surface area contributed by atoms with Gasteiger partial charge < -0.3 is 5.11 Å². The molecule has 0 bridgehead atoms. The van der Waals surface area contributed by atoms with Crippen LogP contribution in [0.15, 0.2) is 5.38 Å². The summed E-state index contributed by atoms with van der Waals surface area (Å²) in [5.74, 6) is -0.360. The third kappa shape index (κ3) is 1.89. The van der Waals surface area contributed by atoms with E-state index in [1.54, 1.807) is 0 Å². The fourth-order valence-corrected chi connectivity index (χ4v) is 1.69. The Labute approximate surface area is 86.0 Å². The van der Waals surface area contributed by atoms with Crippen molar-refractivity contribution in [2.45, 2.75) is 18.8 Å². The molecule has 0 spiro atoms. The van der Waals surface area contributed by atoms with Gasteiger partial charge >= 0.3 is 24.8 Å². The molecular weight excluding hydrogens is 169 g/mol. The Hall–Kier alpha value is -0.303. The molecule has 1 aromatic heterocycles. The average molecular weight is 177 g/mol. The Morgan fingerprint density at radius 1 is 1.67 bits per heavy atom. The molecule has 1 aliphatic carbocycles. The van der Waals surface area contributed by atoms with E-state index >= 15 is 0 Å². The van der Waals surface area contributed by atoms with Crippen molar-refractivity contribution in [1.29, 1.82) is 0 Å². The SMILES string of the molecule is O=C(O)c1nc(C2CC2)cs1.[LiH]. The second-order valence-corrected chi connectivity index (χ2v) is 3.52. The molecule has 1 fully saturated rings. The molecule has 0 aromatic carbocycles. The molecule has 2 rings (SSSR count). The molecule has 1 N–H and O–H groups in total. The van der Waals surface area contributed by atoms with Crippen LogP contribution in [0.5, 0.6) is 0 Å². The Morgan fingerprint density at radius 2 is 2.33 bits per heavy atom. The van der Waals surface area contributed by atoms with Crippen molar-refractivity contribution < 1.29 is 9.90 Å². The summed E-state index contributed by atoms with van der Waals surface area (Å²) in [5, 5.41) is 10.6. The molecule has 0 atom stereocenters. The Balaban J connectivity index is 0.000000720. The summed E-state index contributed by atoms with van der Waals surface area (Å²) in [5.41, 5.74) is 0.965. The fraction of sp³-hybridized carbons (Fsp3) is 0.429. The molecule has 1 heterocycles. The van der Waals surface area contributed by atoms with Gasteiger partial charge in [0.2, 0.25) is 5.01 Å². The van der Waals surface area contributed by atoms with Crippen LogP contribution in [0.3, 0.4) is 0 Å². The molecule has 1 aromatic rings. The number of nitrogens with zero attached hydrogens (tertiary/aromatic N) is 1. The van der Waals surface area contributed by atoms with Gasteiger partial charge in [0.25, 0.3) is 0 Å². The van der Waals surface area contributed by atoms with Crippen molar-refractivity contribution in [3.63, 3.8) is 0 Å². The molecule has 0 radical (unpaired) electrons. The molecule has 0 unspecified atom stereocenters. The second kappa shape index (κ2) is 3.61. The summed E-state index contributed by atoms with van der Waals surface area (Å²) in [6, 6.07) is 0. The van der Waals surface area contributed by atoms with E-state index in [1.807, 2.05) is 5.38 Å². The van der Waals surface area contributed by atoms with Crippen molar-refractivity contribution in [3.8, 4) is 0 Å². The van der Waals surface area contributed by atoms with Crippen LogP contribution in [0, 0.1) is 0 Å². The third-order valence-corrected chi connectivity index (χ3v) is 2.55. The molecule has 1 saturated carbocycles. The number of aromatic carboxylic acids is 1. The van der Waals surface area contributed by atoms with Gasteiger partial charge in [-0.2, -0.15) is 0 Å². The van der Waals surface area contributed by atoms with Crippen LogP contribution in [0.1, 0.15) is 34.3 Å². The van der Waals surface area contributed by atoms with Crippen molar-refractivity contribution >= 4 is 36.2 Å². The Bertz CT molecular complexity index is 295. The molecule has 0 amide bonds. The van der Waals surface area contributed by atoms with Crippen LogP contribution in [0.2, 0.25) is 0 Å². The predicted octanol–water partition coefficient (Wildman–Crippen LogP) is 1.07. The first-order chi connectivity index (χ1) is 5.27. The van der Waals surface area contributed by atoms with E-state index in [9.17, 15) is 4.79 Å². The van der Waals surface area contributed by atoms with Crippen molar-refractivity contribution in [2.24, 2.45) is 0 Å². The predicted molar refractivity (Wildman–Crippen MR) is 48.2 cm³/mol. The van der Waals surface area contributed by atoms with E-state index < -0.39 is 5.97 Å². The maximum atomic E-state index is 10.4. The van der Waals surface area contributed by atoms with Crippen molar-refractivity contribution in [3.05, 3.63) is 16.1 Å². The first-order valence-corrected chi connectivity index (χ1v) is 4.34. The van der Waals surface area contributed by atoms with Gasteiger partial charge in [0.05, 0.1) is 5.69 Å². The number of carbonyl (C=O) groups is 1. The third-order valence-electron chi connectivity index (χ3n) is 1.70. The standard InChI is InChI=1S/C7H7NO2S.Li.H/c9-7(10)6-8-5(3-11-6)4-1-2-4;;/h3-4H,1-2H2,(H,9,10);;. The molecule has 60 valence electrons. The molecule has 5 heteroatoms. The Kier molecular flexibility index (Phi) is 2.94. The van der Waals surface area contributed by atoms with Crippen LogP contribution in [-0.2, 0) is 0 Å². The van der Waals surface area contributed by atoms with Gasteiger partial charge in [0, 0.05) is 11.3 Å². The summed E-state index contributed by atoms with van der Waals surface area (Å²) in [6.07, 6.45) is 2.34. The molecular formula is C7H8LiNO2S. The zero-order valence-electron chi connectivity index (χ0n) is 5.78. The summed E-state index contributed by atoms with van der Waals surface area (Å²) in [7, 11) is 0. The van der Waals surface area contributed by atoms with E-state index in [-0.39, 0.29) is 23.9 Å². The maximum absolute atomic E-state index is 10.4. The quantitative estimate of drug-likeness (QED) is 0.687. The van der Waals surface area contributed by atoms with Crippen LogP contribution in [0.25, 0.3) is 0 Å². The molecule has 0 saturated heterocycles. The number of hydrogen-bond acceptors (Lipinski definition) is 3. The molecule has 1 aliphatic rings. The van der Waals surface area contributed by atoms with Gasteiger partial charge in [-0.05, 0) is 12.8 Å². The molecule has 0 aliphatic heterocycles. The summed E-state index contributed by atoms with van der Waals surface area (Å²) in [6.45, 7) is 0. The van der Waals surface area contributed by atoms with Crippen LogP contribution >= 0.6 is 11.3 Å². The summed E-state index contributed by atoms with van der Waals surface area (Å²) < 4.78 is 0. The topological polar surface area (TPSA) is 50.2 Å².